The number of nitrogens with one attached hydrogen (secondary N) is 1. The number of hydrogen-bond acceptors (Lipinski definition) is 7. The molecule has 1 N–H and O–H groups in total. The van der Waals surface area contributed by atoms with E-state index in [-0.39, 0.29) is 12.1 Å². The first kappa shape index (κ1) is 12.8. The maximum Gasteiger partial charge on any atom is 0.229 e. The van der Waals surface area contributed by atoms with E-state index in [1.54, 1.807) is 26.5 Å². The Hall–Kier alpha value is -2.22. The molecule has 0 aromatic carbocycles. The van der Waals surface area contributed by atoms with E-state index in [2.05, 4.69) is 30.0 Å². The van der Waals surface area contributed by atoms with Gasteiger partial charge in [-0.1, -0.05) is 0 Å². The van der Waals surface area contributed by atoms with E-state index in [1.807, 2.05) is 0 Å². The summed E-state index contributed by atoms with van der Waals surface area (Å²) in [4.78, 5) is 15.0. The molecule has 0 saturated carbocycles. The molecule has 8 nitrogen and oxygen atoms in total. The number of anilines is 1. The van der Waals surface area contributed by atoms with Gasteiger partial charge in [0.15, 0.2) is 0 Å². The summed E-state index contributed by atoms with van der Waals surface area (Å²) in [5, 5.41) is 6.82. The van der Waals surface area contributed by atoms with Gasteiger partial charge in [0.25, 0.3) is 0 Å². The lowest BCUT2D eigenvalue weighted by molar-refractivity contribution is 0.118. The molecule has 1 fully saturated rings. The minimum atomic E-state index is 0.0227. The Labute approximate surface area is 116 Å². The van der Waals surface area contributed by atoms with E-state index in [0.29, 0.717) is 18.4 Å². The topological polar surface area (TPSA) is 89.0 Å². The fourth-order valence-electron chi connectivity index (χ4n) is 2.41. The van der Waals surface area contributed by atoms with Crippen LogP contribution in [0.3, 0.4) is 0 Å². The summed E-state index contributed by atoms with van der Waals surface area (Å²) in [6.45, 7) is 0.703. The Morgan fingerprint density at radius 1 is 1.35 bits per heavy atom. The third-order valence-electron chi connectivity index (χ3n) is 3.43. The van der Waals surface area contributed by atoms with Crippen molar-refractivity contribution in [3.05, 3.63) is 24.4 Å². The maximum absolute atomic E-state index is 5.46. The van der Waals surface area contributed by atoms with Crippen LogP contribution >= 0.6 is 0 Å². The van der Waals surface area contributed by atoms with Gasteiger partial charge >= 0.3 is 0 Å². The van der Waals surface area contributed by atoms with Gasteiger partial charge in [-0.05, 0) is 0 Å². The molecule has 1 aliphatic heterocycles. The molecule has 0 bridgehead atoms. The largest absolute Gasteiger partial charge is 0.481 e. The highest BCUT2D eigenvalue weighted by atomic mass is 16.5. The van der Waals surface area contributed by atoms with Gasteiger partial charge in [-0.2, -0.15) is 10.1 Å². The van der Waals surface area contributed by atoms with Crippen molar-refractivity contribution in [2.45, 2.75) is 18.6 Å². The molecule has 0 aliphatic carbocycles. The molecule has 1 saturated heterocycles. The molecule has 2 aromatic heterocycles. The number of H-pyrrole nitrogens is 1. The van der Waals surface area contributed by atoms with Crippen molar-refractivity contribution >= 4 is 5.95 Å². The van der Waals surface area contributed by atoms with E-state index in [1.165, 1.54) is 6.33 Å². The molecule has 0 radical (unpaired) electrons. The van der Waals surface area contributed by atoms with Crippen LogP contribution in [0.4, 0.5) is 5.95 Å². The van der Waals surface area contributed by atoms with Gasteiger partial charge in [-0.25, -0.2) is 9.97 Å². The standard InChI is InChI=1S/C12H16N6O2/c1-19-8-5-9(11-14-7-15-17-11)18(6-8)12-13-4-3-10(16-12)20-2/h3-4,7-9H,5-6H2,1-2H3,(H,14,15,17)/t8-,9+/m1/s1. The number of hydrogen-bond donors (Lipinski definition) is 1. The maximum atomic E-state index is 5.46. The van der Waals surface area contributed by atoms with Crippen LogP contribution in [0.1, 0.15) is 18.3 Å². The first-order valence-corrected chi connectivity index (χ1v) is 6.33. The minimum absolute atomic E-state index is 0.0227. The van der Waals surface area contributed by atoms with Gasteiger partial charge in [0.1, 0.15) is 12.2 Å². The fraction of sp³-hybridized carbons (Fsp3) is 0.500. The number of rotatable bonds is 4. The van der Waals surface area contributed by atoms with Crippen LogP contribution in [0.5, 0.6) is 5.88 Å². The van der Waals surface area contributed by atoms with Gasteiger partial charge in [0.05, 0.1) is 19.3 Å². The van der Waals surface area contributed by atoms with Crippen LogP contribution in [0.25, 0.3) is 0 Å². The zero-order valence-electron chi connectivity index (χ0n) is 11.4. The van der Waals surface area contributed by atoms with E-state index in [4.69, 9.17) is 9.47 Å². The summed E-state index contributed by atoms with van der Waals surface area (Å²) in [6.07, 6.45) is 4.10. The minimum Gasteiger partial charge on any atom is -0.481 e. The van der Waals surface area contributed by atoms with Crippen molar-refractivity contribution in [3.63, 3.8) is 0 Å². The van der Waals surface area contributed by atoms with Crippen molar-refractivity contribution in [1.82, 2.24) is 25.1 Å². The lowest BCUT2D eigenvalue weighted by atomic mass is 10.2. The van der Waals surface area contributed by atoms with Crippen LogP contribution in [0, 0.1) is 0 Å². The van der Waals surface area contributed by atoms with Crippen LogP contribution in [-0.2, 0) is 4.74 Å². The number of methoxy groups -OCH3 is 2. The first-order chi connectivity index (χ1) is 9.81. The number of aromatic amines is 1. The summed E-state index contributed by atoms with van der Waals surface area (Å²) in [7, 11) is 3.29. The second kappa shape index (κ2) is 5.41. The van der Waals surface area contributed by atoms with Gasteiger partial charge in [-0.15, -0.1) is 0 Å². The van der Waals surface area contributed by atoms with Gasteiger partial charge in [0, 0.05) is 32.3 Å². The van der Waals surface area contributed by atoms with E-state index in [0.717, 1.165) is 12.2 Å². The monoisotopic (exact) mass is 276 g/mol. The second-order valence-electron chi connectivity index (χ2n) is 4.53. The Kier molecular flexibility index (Phi) is 3.46. The lowest BCUT2D eigenvalue weighted by Gasteiger charge is -2.22. The third-order valence-corrected chi connectivity index (χ3v) is 3.43. The van der Waals surface area contributed by atoms with Crippen LogP contribution < -0.4 is 9.64 Å². The fourth-order valence-corrected chi connectivity index (χ4v) is 2.41. The average molecular weight is 276 g/mol. The van der Waals surface area contributed by atoms with Crippen molar-refractivity contribution in [1.29, 1.82) is 0 Å². The van der Waals surface area contributed by atoms with Gasteiger partial charge in [0.2, 0.25) is 11.8 Å². The molecule has 20 heavy (non-hydrogen) atoms. The quantitative estimate of drug-likeness (QED) is 0.873. The van der Waals surface area contributed by atoms with Crippen molar-refractivity contribution in [3.8, 4) is 5.88 Å². The smallest absolute Gasteiger partial charge is 0.229 e. The number of aromatic nitrogens is 5. The summed E-state index contributed by atoms with van der Waals surface area (Å²) in [5.41, 5.74) is 0. The zero-order chi connectivity index (χ0) is 13.9. The Morgan fingerprint density at radius 2 is 2.25 bits per heavy atom. The molecule has 2 atom stereocenters. The van der Waals surface area contributed by atoms with Crippen molar-refractivity contribution in [2.24, 2.45) is 0 Å². The molecule has 106 valence electrons. The molecule has 1 aliphatic rings. The van der Waals surface area contributed by atoms with Crippen LogP contribution in [0.2, 0.25) is 0 Å². The van der Waals surface area contributed by atoms with E-state index >= 15 is 0 Å². The molecule has 3 heterocycles. The Balaban J connectivity index is 1.92. The van der Waals surface area contributed by atoms with Crippen LogP contribution in [-0.4, -0.2) is 52.0 Å². The second-order valence-corrected chi connectivity index (χ2v) is 4.53. The predicted octanol–water partition coefficient (Wildman–Crippen LogP) is 0.570. The highest BCUT2D eigenvalue weighted by Crippen LogP contribution is 2.34. The normalized spacial score (nSPS) is 22.2. The number of nitrogens with zero attached hydrogens (tertiary/aromatic N) is 5. The Morgan fingerprint density at radius 3 is 2.95 bits per heavy atom. The molecule has 0 amide bonds. The molecule has 0 unspecified atom stereocenters. The summed E-state index contributed by atoms with van der Waals surface area (Å²) < 4.78 is 10.6. The molecule has 0 spiro atoms. The zero-order valence-corrected chi connectivity index (χ0v) is 11.4. The SMILES string of the molecule is COc1ccnc(N2C[C@H](OC)C[C@H]2c2ncn[nH]2)n1. The van der Waals surface area contributed by atoms with Crippen molar-refractivity contribution < 1.29 is 9.47 Å². The highest BCUT2D eigenvalue weighted by molar-refractivity contribution is 5.37. The third kappa shape index (κ3) is 2.29. The molecule has 8 heteroatoms. The van der Waals surface area contributed by atoms with E-state index in [9.17, 15) is 0 Å². The molecular weight excluding hydrogens is 260 g/mol. The molecule has 3 rings (SSSR count). The summed E-state index contributed by atoms with van der Waals surface area (Å²) in [5.74, 6) is 1.92. The van der Waals surface area contributed by atoms with Crippen LogP contribution in [0.15, 0.2) is 18.6 Å². The summed E-state index contributed by atoms with van der Waals surface area (Å²) in [6, 6.07) is 1.74. The first-order valence-electron chi connectivity index (χ1n) is 6.33. The van der Waals surface area contributed by atoms with Gasteiger partial charge in [-0.3, -0.25) is 5.10 Å². The van der Waals surface area contributed by atoms with E-state index < -0.39 is 0 Å². The Bertz CT molecular complexity index is 561. The number of ether oxygens (including phenoxy) is 2. The average Bonchev–Trinajstić information content (AvgIpc) is 3.15. The molecule has 2 aromatic rings. The molecular formula is C12H16N6O2. The predicted molar refractivity (Wildman–Crippen MR) is 70.5 cm³/mol. The highest BCUT2D eigenvalue weighted by Gasteiger charge is 2.36. The summed E-state index contributed by atoms with van der Waals surface area (Å²) >= 11 is 0. The van der Waals surface area contributed by atoms with Gasteiger partial charge < -0.3 is 14.4 Å². The van der Waals surface area contributed by atoms with Crippen molar-refractivity contribution in [2.75, 3.05) is 25.7 Å². The lowest BCUT2D eigenvalue weighted by Crippen LogP contribution is -2.27.